The topological polar surface area (TPSA) is 18.5 Å². The average Bonchev–Trinajstić information content (AvgIpc) is 3.27. The van der Waals surface area contributed by atoms with E-state index in [1.807, 2.05) is 0 Å². The third kappa shape index (κ3) is 2.22. The first-order valence-electron chi connectivity index (χ1n) is 9.42. The van der Waals surface area contributed by atoms with Crippen LogP contribution in [0.2, 0.25) is 0 Å². The van der Waals surface area contributed by atoms with Crippen LogP contribution in [0.3, 0.4) is 0 Å². The Bertz CT molecular complexity index is 642. The maximum Gasteiger partial charge on any atom is 0.128 e. The van der Waals surface area contributed by atoms with Gasteiger partial charge in [0.2, 0.25) is 0 Å². The first kappa shape index (κ1) is 14.6. The molecule has 1 aromatic rings. The quantitative estimate of drug-likeness (QED) is 0.713. The van der Waals surface area contributed by atoms with E-state index in [-0.39, 0.29) is 11.2 Å². The highest BCUT2D eigenvalue weighted by Gasteiger charge is 2.48. The Labute approximate surface area is 144 Å². The van der Waals surface area contributed by atoms with Crippen LogP contribution in [0.5, 0.6) is 11.5 Å². The summed E-state index contributed by atoms with van der Waals surface area (Å²) in [7, 11) is 0. The molecule has 6 unspecified atom stereocenters. The molecule has 0 N–H and O–H groups in total. The molecule has 6 atom stereocenters. The minimum Gasteiger partial charge on any atom is -0.483 e. The molecule has 4 aliphatic carbocycles. The van der Waals surface area contributed by atoms with Crippen LogP contribution in [0.1, 0.15) is 39.5 Å². The summed E-state index contributed by atoms with van der Waals surface area (Å²) >= 11 is 0. The fourth-order valence-electron chi connectivity index (χ4n) is 5.43. The Morgan fingerprint density at radius 1 is 0.708 bits per heavy atom. The van der Waals surface area contributed by atoms with Gasteiger partial charge >= 0.3 is 0 Å². The molecule has 0 aliphatic heterocycles. The number of hydrogen-bond donors (Lipinski definition) is 0. The van der Waals surface area contributed by atoms with Crippen LogP contribution < -0.4 is 9.47 Å². The van der Waals surface area contributed by atoms with Crippen LogP contribution in [-0.2, 0) is 0 Å². The Kier molecular flexibility index (Phi) is 2.99. The van der Waals surface area contributed by atoms with E-state index in [9.17, 15) is 0 Å². The molecular weight excluding hydrogens is 296 g/mol. The second-order valence-electron chi connectivity index (χ2n) is 8.62. The first-order valence-corrected chi connectivity index (χ1v) is 9.42. The van der Waals surface area contributed by atoms with E-state index in [1.165, 1.54) is 0 Å². The molecule has 24 heavy (non-hydrogen) atoms. The molecule has 2 nitrogen and oxygen atoms in total. The number of fused-ring (bicyclic) bond motifs is 4. The van der Waals surface area contributed by atoms with Crippen LogP contribution in [0.15, 0.2) is 48.6 Å². The van der Waals surface area contributed by atoms with Crippen molar-refractivity contribution in [2.75, 3.05) is 0 Å². The van der Waals surface area contributed by atoms with Crippen LogP contribution in [0.4, 0.5) is 0 Å². The second-order valence-corrected chi connectivity index (χ2v) is 8.62. The SMILES string of the molecule is CC1CC2(Oc3ccc(OC45C=CC(C4)C(C)C5)cc3)C=CC1C2. The lowest BCUT2D eigenvalue weighted by Crippen LogP contribution is -2.30. The van der Waals surface area contributed by atoms with Crippen LogP contribution in [-0.4, -0.2) is 11.2 Å². The van der Waals surface area contributed by atoms with Crippen molar-refractivity contribution in [2.24, 2.45) is 23.7 Å². The standard InChI is InChI=1S/C22H26O2/c1-15-11-21(9-7-17(15)13-21)23-19-3-5-20(6-4-19)24-22-10-8-18(14-22)16(2)12-22/h3-10,15-18H,11-14H2,1-2H3. The molecule has 1 aromatic carbocycles. The van der Waals surface area contributed by atoms with Crippen molar-refractivity contribution in [1.29, 1.82) is 0 Å². The zero-order valence-electron chi connectivity index (χ0n) is 14.6. The van der Waals surface area contributed by atoms with Gasteiger partial charge in [-0.05, 0) is 85.8 Å². The van der Waals surface area contributed by atoms with Crippen LogP contribution in [0.25, 0.3) is 0 Å². The van der Waals surface area contributed by atoms with Gasteiger partial charge in [-0.25, -0.2) is 0 Å². The molecule has 4 aliphatic rings. The van der Waals surface area contributed by atoms with Gasteiger partial charge in [-0.15, -0.1) is 0 Å². The van der Waals surface area contributed by atoms with Crippen molar-refractivity contribution in [2.45, 2.75) is 50.7 Å². The number of ether oxygens (including phenoxy) is 2. The van der Waals surface area contributed by atoms with Gasteiger partial charge in [0.25, 0.3) is 0 Å². The molecule has 0 aromatic heterocycles. The molecule has 2 heteroatoms. The summed E-state index contributed by atoms with van der Waals surface area (Å²) in [4.78, 5) is 0. The molecule has 126 valence electrons. The minimum atomic E-state index is -0.0621. The van der Waals surface area contributed by atoms with Gasteiger partial charge in [0.05, 0.1) is 0 Å². The van der Waals surface area contributed by atoms with Crippen LogP contribution >= 0.6 is 0 Å². The van der Waals surface area contributed by atoms with Crippen molar-refractivity contribution in [3.63, 3.8) is 0 Å². The van der Waals surface area contributed by atoms with Crippen molar-refractivity contribution < 1.29 is 9.47 Å². The fourth-order valence-corrected chi connectivity index (χ4v) is 5.43. The third-order valence-electron chi connectivity index (χ3n) is 6.72. The lowest BCUT2D eigenvalue weighted by Gasteiger charge is -2.28. The number of rotatable bonds is 4. The summed E-state index contributed by atoms with van der Waals surface area (Å²) in [6.07, 6.45) is 13.8. The van der Waals surface area contributed by atoms with Crippen LogP contribution in [0, 0.1) is 23.7 Å². The molecule has 0 amide bonds. The highest BCUT2D eigenvalue weighted by molar-refractivity contribution is 5.35. The van der Waals surface area contributed by atoms with Crippen molar-refractivity contribution in [1.82, 2.24) is 0 Å². The lowest BCUT2D eigenvalue weighted by molar-refractivity contribution is 0.121. The Balaban J connectivity index is 1.29. The van der Waals surface area contributed by atoms with Crippen molar-refractivity contribution >= 4 is 0 Å². The number of allylic oxidation sites excluding steroid dienone is 2. The summed E-state index contributed by atoms with van der Waals surface area (Å²) in [5, 5.41) is 0. The second kappa shape index (κ2) is 4.91. The summed E-state index contributed by atoms with van der Waals surface area (Å²) in [5.74, 6) is 4.81. The Morgan fingerprint density at radius 3 is 1.42 bits per heavy atom. The maximum atomic E-state index is 6.37. The zero-order valence-corrected chi connectivity index (χ0v) is 14.6. The molecule has 0 saturated heterocycles. The molecule has 4 bridgehead atoms. The molecule has 2 fully saturated rings. The maximum absolute atomic E-state index is 6.37. The summed E-state index contributed by atoms with van der Waals surface area (Å²) in [5.41, 5.74) is -0.124. The number of hydrogen-bond acceptors (Lipinski definition) is 2. The smallest absolute Gasteiger partial charge is 0.128 e. The van der Waals surface area contributed by atoms with E-state index in [0.29, 0.717) is 11.8 Å². The molecule has 0 spiro atoms. The Morgan fingerprint density at radius 2 is 1.12 bits per heavy atom. The summed E-state index contributed by atoms with van der Waals surface area (Å²) < 4.78 is 12.7. The van der Waals surface area contributed by atoms with E-state index < -0.39 is 0 Å². The Hall–Kier alpha value is -1.70. The monoisotopic (exact) mass is 322 g/mol. The molecule has 0 radical (unpaired) electrons. The molecule has 0 heterocycles. The largest absolute Gasteiger partial charge is 0.483 e. The van der Waals surface area contributed by atoms with Gasteiger partial charge in [0.15, 0.2) is 0 Å². The van der Waals surface area contributed by atoms with Gasteiger partial charge in [0, 0.05) is 0 Å². The summed E-state index contributed by atoms with van der Waals surface area (Å²) in [6.45, 7) is 4.67. The van der Waals surface area contributed by atoms with Gasteiger partial charge in [-0.3, -0.25) is 0 Å². The van der Waals surface area contributed by atoms with E-state index in [4.69, 9.17) is 9.47 Å². The normalized spacial score (nSPS) is 44.4. The van der Waals surface area contributed by atoms with Crippen molar-refractivity contribution in [3.8, 4) is 11.5 Å². The molecule has 5 rings (SSSR count). The summed E-state index contributed by atoms with van der Waals surface area (Å²) in [6, 6.07) is 8.28. The minimum absolute atomic E-state index is 0.0621. The molecular formula is C22H26O2. The first-order chi connectivity index (χ1) is 11.5. The van der Waals surface area contributed by atoms with E-state index in [1.54, 1.807) is 0 Å². The van der Waals surface area contributed by atoms with Gasteiger partial charge in [0.1, 0.15) is 22.7 Å². The van der Waals surface area contributed by atoms with Gasteiger partial charge in [-0.1, -0.05) is 26.0 Å². The predicted octanol–water partition coefficient (Wildman–Crippen LogP) is 5.15. The predicted molar refractivity (Wildman–Crippen MR) is 95.2 cm³/mol. The fraction of sp³-hybridized carbons (Fsp3) is 0.545. The zero-order chi connectivity index (χ0) is 16.4. The van der Waals surface area contributed by atoms with E-state index in [2.05, 4.69) is 62.4 Å². The van der Waals surface area contributed by atoms with E-state index in [0.717, 1.165) is 49.0 Å². The number of benzene rings is 1. The van der Waals surface area contributed by atoms with Gasteiger partial charge in [-0.2, -0.15) is 0 Å². The van der Waals surface area contributed by atoms with E-state index >= 15 is 0 Å². The highest BCUT2D eigenvalue weighted by Crippen LogP contribution is 2.50. The third-order valence-corrected chi connectivity index (χ3v) is 6.72. The molecule has 2 saturated carbocycles. The highest BCUT2D eigenvalue weighted by atomic mass is 16.5. The lowest BCUT2D eigenvalue weighted by atomic mass is 9.94. The average molecular weight is 322 g/mol. The van der Waals surface area contributed by atoms with Gasteiger partial charge < -0.3 is 9.47 Å². The van der Waals surface area contributed by atoms with Crippen molar-refractivity contribution in [3.05, 3.63) is 48.6 Å².